The molecular formula is C14H11IN2O3. The summed E-state index contributed by atoms with van der Waals surface area (Å²) in [4.78, 5) is 11.7. The Bertz CT molecular complexity index is 667. The van der Waals surface area contributed by atoms with Gasteiger partial charge in [0.05, 0.1) is 6.26 Å². The third-order valence-electron chi connectivity index (χ3n) is 2.82. The molecule has 6 heteroatoms. The Labute approximate surface area is 129 Å². The van der Waals surface area contributed by atoms with Gasteiger partial charge in [-0.25, -0.2) is 0 Å². The van der Waals surface area contributed by atoms with Crippen molar-refractivity contribution in [3.8, 4) is 0 Å². The number of amides is 1. The molecule has 20 heavy (non-hydrogen) atoms. The number of hydrazone groups is 1. The van der Waals surface area contributed by atoms with Crippen LogP contribution in [0.15, 0.2) is 52.2 Å². The molecule has 1 aliphatic heterocycles. The topological polar surface area (TPSA) is 55.0 Å². The van der Waals surface area contributed by atoms with E-state index in [4.69, 9.17) is 9.15 Å². The Morgan fingerprint density at radius 2 is 2.20 bits per heavy atom. The maximum absolute atomic E-state index is 11.7. The van der Waals surface area contributed by atoms with Gasteiger partial charge in [-0.05, 0) is 52.9 Å². The first-order chi connectivity index (χ1) is 9.65. The Morgan fingerprint density at radius 3 is 2.85 bits per heavy atom. The lowest BCUT2D eigenvalue weighted by Crippen LogP contribution is -2.24. The van der Waals surface area contributed by atoms with Gasteiger partial charge in [-0.1, -0.05) is 6.07 Å². The number of hydrogen-bond acceptors (Lipinski definition) is 4. The summed E-state index contributed by atoms with van der Waals surface area (Å²) in [5, 5.41) is 5.54. The first-order valence-corrected chi connectivity index (χ1v) is 7.07. The average Bonchev–Trinajstić information content (AvgIpc) is 3.08. The number of ether oxygens (including phenoxy) is 1. The van der Waals surface area contributed by atoms with Gasteiger partial charge < -0.3 is 9.15 Å². The fourth-order valence-electron chi connectivity index (χ4n) is 1.92. The lowest BCUT2D eigenvalue weighted by molar-refractivity contribution is -0.136. The van der Waals surface area contributed by atoms with Crippen molar-refractivity contribution >= 4 is 34.4 Å². The van der Waals surface area contributed by atoms with Crippen LogP contribution in [-0.2, 0) is 9.53 Å². The van der Waals surface area contributed by atoms with Crippen LogP contribution in [0.2, 0.25) is 0 Å². The molecular weight excluding hydrogens is 371 g/mol. The largest absolute Gasteiger partial charge is 0.463 e. The van der Waals surface area contributed by atoms with Gasteiger partial charge in [0.1, 0.15) is 0 Å². The lowest BCUT2D eigenvalue weighted by Gasteiger charge is -2.16. The van der Waals surface area contributed by atoms with Crippen molar-refractivity contribution in [3.63, 3.8) is 0 Å². The number of hydrogen-bond donors (Lipinski definition) is 0. The van der Waals surface area contributed by atoms with E-state index in [1.54, 1.807) is 18.4 Å². The molecule has 0 saturated heterocycles. The minimum atomic E-state index is -0.643. The number of furan rings is 1. The first kappa shape index (κ1) is 13.2. The fraction of sp³-hybridized carbons (Fsp3) is 0.143. The van der Waals surface area contributed by atoms with Gasteiger partial charge in [0.2, 0.25) is 11.8 Å². The van der Waals surface area contributed by atoms with E-state index in [0.717, 1.165) is 9.13 Å². The van der Waals surface area contributed by atoms with Crippen molar-refractivity contribution in [3.05, 3.63) is 57.6 Å². The maximum Gasteiger partial charge on any atom is 0.254 e. The molecule has 1 aliphatic rings. The molecule has 0 spiro atoms. The molecule has 0 fully saturated rings. The first-order valence-electron chi connectivity index (χ1n) is 5.99. The van der Waals surface area contributed by atoms with Gasteiger partial charge >= 0.3 is 0 Å². The van der Waals surface area contributed by atoms with Gasteiger partial charge in [0.15, 0.2) is 5.76 Å². The zero-order valence-electron chi connectivity index (χ0n) is 10.6. The van der Waals surface area contributed by atoms with Crippen molar-refractivity contribution in [1.82, 2.24) is 5.01 Å². The van der Waals surface area contributed by atoms with Gasteiger partial charge in [-0.3, -0.25) is 4.79 Å². The molecule has 0 saturated carbocycles. The van der Waals surface area contributed by atoms with E-state index in [2.05, 4.69) is 27.7 Å². The quantitative estimate of drug-likeness (QED) is 0.751. The van der Waals surface area contributed by atoms with Gasteiger partial charge in [0.25, 0.3) is 6.23 Å². The summed E-state index contributed by atoms with van der Waals surface area (Å²) in [6, 6.07) is 11.2. The molecule has 0 N–H and O–H groups in total. The number of rotatable bonds is 2. The average molecular weight is 382 g/mol. The van der Waals surface area contributed by atoms with Crippen LogP contribution < -0.4 is 0 Å². The summed E-state index contributed by atoms with van der Waals surface area (Å²) in [7, 11) is 0. The molecule has 1 aromatic carbocycles. The number of halogens is 1. The predicted octanol–water partition coefficient (Wildman–Crippen LogP) is 3.12. The van der Waals surface area contributed by atoms with Gasteiger partial charge in [-0.15, -0.1) is 5.10 Å². The molecule has 2 heterocycles. The Kier molecular flexibility index (Phi) is 3.47. The summed E-state index contributed by atoms with van der Waals surface area (Å²) in [5.74, 6) is 0.761. The van der Waals surface area contributed by atoms with E-state index < -0.39 is 6.23 Å². The third kappa shape index (κ3) is 2.43. The van der Waals surface area contributed by atoms with Crippen molar-refractivity contribution < 1.29 is 13.9 Å². The summed E-state index contributed by atoms with van der Waals surface area (Å²) >= 11 is 2.22. The van der Waals surface area contributed by atoms with Crippen molar-refractivity contribution in [2.24, 2.45) is 5.10 Å². The molecule has 0 aliphatic carbocycles. The second kappa shape index (κ2) is 5.28. The third-order valence-corrected chi connectivity index (χ3v) is 3.50. The zero-order valence-corrected chi connectivity index (χ0v) is 12.8. The summed E-state index contributed by atoms with van der Waals surface area (Å²) < 4.78 is 12.2. The molecule has 1 atom stereocenters. The van der Waals surface area contributed by atoms with E-state index >= 15 is 0 Å². The highest BCUT2D eigenvalue weighted by Crippen LogP contribution is 2.30. The van der Waals surface area contributed by atoms with Crippen LogP contribution in [-0.4, -0.2) is 16.8 Å². The molecule has 2 aromatic rings. The monoisotopic (exact) mass is 382 g/mol. The van der Waals surface area contributed by atoms with Crippen molar-refractivity contribution in [1.29, 1.82) is 0 Å². The van der Waals surface area contributed by atoms with Crippen LogP contribution in [0.3, 0.4) is 0 Å². The van der Waals surface area contributed by atoms with E-state index in [1.807, 2.05) is 24.3 Å². The predicted molar refractivity (Wildman–Crippen MR) is 80.8 cm³/mol. The van der Waals surface area contributed by atoms with Crippen molar-refractivity contribution in [2.75, 3.05) is 0 Å². The minimum Gasteiger partial charge on any atom is -0.463 e. The second-order valence-corrected chi connectivity index (χ2v) is 5.51. The van der Waals surface area contributed by atoms with Gasteiger partial charge in [0, 0.05) is 16.1 Å². The van der Waals surface area contributed by atoms with E-state index in [-0.39, 0.29) is 5.91 Å². The highest BCUT2D eigenvalue weighted by atomic mass is 127. The normalized spacial score (nSPS) is 17.8. The molecule has 0 unspecified atom stereocenters. The smallest absolute Gasteiger partial charge is 0.254 e. The summed E-state index contributed by atoms with van der Waals surface area (Å²) in [6.45, 7) is 1.44. The molecule has 102 valence electrons. The number of carbonyl (C=O) groups is 1. The lowest BCUT2D eigenvalue weighted by atomic mass is 10.2. The molecule has 5 nitrogen and oxygen atoms in total. The maximum atomic E-state index is 11.7. The van der Waals surface area contributed by atoms with E-state index in [9.17, 15) is 4.79 Å². The summed E-state index contributed by atoms with van der Waals surface area (Å²) in [6.07, 6.45) is 0.899. The van der Waals surface area contributed by atoms with E-state index in [1.165, 1.54) is 11.9 Å². The Morgan fingerprint density at radius 1 is 1.35 bits per heavy atom. The van der Waals surface area contributed by atoms with Crippen LogP contribution in [0.5, 0.6) is 0 Å². The number of benzene rings is 1. The highest BCUT2D eigenvalue weighted by molar-refractivity contribution is 14.1. The van der Waals surface area contributed by atoms with Crippen LogP contribution in [0, 0.1) is 3.57 Å². The van der Waals surface area contributed by atoms with Crippen LogP contribution in [0.1, 0.15) is 24.5 Å². The van der Waals surface area contributed by atoms with E-state index in [0.29, 0.717) is 11.7 Å². The SMILES string of the molecule is CC(=O)N1N=C(c2cccc(I)c2)O[C@H]1c1ccco1. The molecule has 1 amide bonds. The molecule has 3 rings (SSSR count). The highest BCUT2D eigenvalue weighted by Gasteiger charge is 2.34. The van der Waals surface area contributed by atoms with Gasteiger partial charge in [-0.2, -0.15) is 5.01 Å². The number of carbonyl (C=O) groups excluding carboxylic acids is 1. The molecule has 1 aromatic heterocycles. The number of nitrogens with zero attached hydrogens (tertiary/aromatic N) is 2. The summed E-state index contributed by atoms with van der Waals surface area (Å²) in [5.41, 5.74) is 0.831. The van der Waals surface area contributed by atoms with Crippen molar-refractivity contribution in [2.45, 2.75) is 13.2 Å². The standard InChI is InChI=1S/C14H11IN2O3/c1-9(18)17-14(12-6-3-7-19-12)20-13(16-17)10-4-2-5-11(15)8-10/h2-8,14H,1H3/t14-/m0/s1. The van der Waals surface area contributed by atoms with Crippen LogP contribution in [0.4, 0.5) is 0 Å². The molecule has 0 bridgehead atoms. The molecule has 0 radical (unpaired) electrons. The Balaban J connectivity index is 1.95. The second-order valence-electron chi connectivity index (χ2n) is 4.26. The van der Waals surface area contributed by atoms with Crippen LogP contribution in [0.25, 0.3) is 0 Å². The minimum absolute atomic E-state index is 0.202. The fourth-order valence-corrected chi connectivity index (χ4v) is 2.47. The Hall–Kier alpha value is -1.83. The zero-order chi connectivity index (χ0) is 14.1. The van der Waals surface area contributed by atoms with Crippen LogP contribution >= 0.6 is 22.6 Å².